The summed E-state index contributed by atoms with van der Waals surface area (Å²) in [5, 5.41) is 0. The molecule has 39 heavy (non-hydrogen) atoms. The van der Waals surface area contributed by atoms with Crippen LogP contribution in [0.2, 0.25) is 0 Å². The second kappa shape index (κ2) is 14.1. The zero-order valence-electron chi connectivity index (χ0n) is 22.6. The Labute approximate surface area is 246 Å². The minimum atomic E-state index is -0.798. The van der Waals surface area contributed by atoms with Crippen LogP contribution in [0.25, 0.3) is 33.6 Å². The molecule has 0 aliphatic heterocycles. The fraction of sp³-hybridized carbons (Fsp3) is 0.0556. The second-order valence-corrected chi connectivity index (χ2v) is 8.77. The van der Waals surface area contributed by atoms with Crippen molar-refractivity contribution < 1.29 is 21.5 Å². The van der Waals surface area contributed by atoms with Gasteiger partial charge in [0.05, 0.1) is 0 Å². The summed E-state index contributed by atoms with van der Waals surface area (Å²) in [6, 6.07) is 50.3. The standard InChI is InChI=1S/C19H16N.C17H12N.Ir/c1-15(16-8-4-2-5-9-16)18-12-13-20-19(14-18)17-10-6-3-7-11-17;1-3-7-14(8-4-1)16-11-12-18-17(13-16)15-9-5-2-6-10-15;/h2-10,12-15H,1H3;1-9,11-13H;/q2*-1;/i15D;;. The zero-order chi connectivity index (χ0) is 26.9. The fourth-order valence-corrected chi connectivity index (χ4v) is 4.16. The minimum absolute atomic E-state index is 0. The Bertz CT molecular complexity index is 1550. The Morgan fingerprint density at radius 2 is 1.10 bits per heavy atom. The summed E-state index contributed by atoms with van der Waals surface area (Å²) in [7, 11) is 0. The molecule has 6 rings (SSSR count). The molecule has 0 fully saturated rings. The van der Waals surface area contributed by atoms with E-state index in [2.05, 4.69) is 40.3 Å². The Morgan fingerprint density at radius 1 is 0.564 bits per heavy atom. The van der Waals surface area contributed by atoms with Gasteiger partial charge in [-0.15, -0.1) is 71.8 Å². The van der Waals surface area contributed by atoms with Crippen molar-refractivity contribution in [1.29, 1.82) is 0 Å². The second-order valence-electron chi connectivity index (χ2n) is 8.77. The van der Waals surface area contributed by atoms with Gasteiger partial charge in [0.25, 0.3) is 0 Å². The largest absolute Gasteiger partial charge is 0.305 e. The molecule has 0 N–H and O–H groups in total. The molecule has 0 spiro atoms. The smallest absolute Gasteiger partial charge is 0.0399 e. The molecule has 0 saturated carbocycles. The summed E-state index contributed by atoms with van der Waals surface area (Å²) in [6.07, 6.45) is 3.61. The molecule has 6 aromatic rings. The number of hydrogen-bond donors (Lipinski definition) is 0. The van der Waals surface area contributed by atoms with Crippen LogP contribution in [0.3, 0.4) is 0 Å². The van der Waals surface area contributed by atoms with E-state index in [4.69, 9.17) is 1.37 Å². The van der Waals surface area contributed by atoms with Crippen molar-refractivity contribution in [3.05, 3.63) is 169 Å². The van der Waals surface area contributed by atoms with Gasteiger partial charge >= 0.3 is 0 Å². The van der Waals surface area contributed by atoms with E-state index in [1.807, 2.05) is 128 Å². The first-order valence-electron chi connectivity index (χ1n) is 13.1. The molecular weight excluding hydrogens is 653 g/mol. The van der Waals surface area contributed by atoms with Crippen LogP contribution in [0.4, 0.5) is 0 Å². The molecule has 0 aliphatic rings. The van der Waals surface area contributed by atoms with E-state index in [0.717, 1.165) is 33.6 Å². The van der Waals surface area contributed by atoms with Crippen LogP contribution >= 0.6 is 0 Å². The Hall–Kier alpha value is -4.17. The maximum atomic E-state index is 8.73. The molecule has 0 bridgehead atoms. The van der Waals surface area contributed by atoms with Gasteiger partial charge in [0.15, 0.2) is 0 Å². The van der Waals surface area contributed by atoms with Crippen molar-refractivity contribution in [3.8, 4) is 33.6 Å². The van der Waals surface area contributed by atoms with Crippen LogP contribution in [-0.4, -0.2) is 9.97 Å². The summed E-state index contributed by atoms with van der Waals surface area (Å²) < 4.78 is 8.73. The van der Waals surface area contributed by atoms with Crippen molar-refractivity contribution in [3.63, 3.8) is 0 Å². The van der Waals surface area contributed by atoms with Crippen molar-refractivity contribution in [2.24, 2.45) is 0 Å². The van der Waals surface area contributed by atoms with E-state index in [0.29, 0.717) is 0 Å². The monoisotopic (exact) mass is 682 g/mol. The summed E-state index contributed by atoms with van der Waals surface area (Å²) in [5.41, 5.74) is 8.06. The number of hydrogen-bond acceptors (Lipinski definition) is 2. The van der Waals surface area contributed by atoms with Gasteiger partial charge in [-0.2, -0.15) is 0 Å². The molecule has 0 amide bonds. The molecule has 0 saturated heterocycles. The number of benzene rings is 4. The quantitative estimate of drug-likeness (QED) is 0.170. The molecule has 1 unspecified atom stereocenters. The number of rotatable bonds is 5. The molecule has 1 radical (unpaired) electrons. The molecule has 0 aliphatic carbocycles. The minimum Gasteiger partial charge on any atom is -0.305 e. The van der Waals surface area contributed by atoms with E-state index in [9.17, 15) is 0 Å². The van der Waals surface area contributed by atoms with Crippen LogP contribution in [-0.2, 0) is 20.1 Å². The molecule has 1 atom stereocenters. The Balaban J connectivity index is 0.000000182. The van der Waals surface area contributed by atoms with Gasteiger partial charge in [-0.1, -0.05) is 79.7 Å². The molecule has 3 heteroatoms. The van der Waals surface area contributed by atoms with Gasteiger partial charge in [-0.3, -0.25) is 0 Å². The third kappa shape index (κ3) is 7.45. The van der Waals surface area contributed by atoms with Gasteiger partial charge in [0.2, 0.25) is 0 Å². The van der Waals surface area contributed by atoms with E-state index in [1.54, 1.807) is 6.20 Å². The average Bonchev–Trinajstić information content (AvgIpc) is 3.03. The van der Waals surface area contributed by atoms with E-state index in [-0.39, 0.29) is 20.1 Å². The van der Waals surface area contributed by atoms with Gasteiger partial charge in [-0.25, -0.2) is 0 Å². The van der Waals surface area contributed by atoms with Crippen molar-refractivity contribution in [1.82, 2.24) is 9.97 Å². The predicted molar refractivity (Wildman–Crippen MR) is 156 cm³/mol. The van der Waals surface area contributed by atoms with Gasteiger partial charge in [-0.05, 0) is 45.8 Å². The fourth-order valence-electron chi connectivity index (χ4n) is 4.16. The summed E-state index contributed by atoms with van der Waals surface area (Å²) in [5.74, 6) is -0.798. The van der Waals surface area contributed by atoms with Crippen LogP contribution in [0.15, 0.2) is 146 Å². The summed E-state index contributed by atoms with van der Waals surface area (Å²) >= 11 is 0. The van der Waals surface area contributed by atoms with E-state index >= 15 is 0 Å². The number of pyridine rings is 2. The average molecular weight is 682 g/mol. The molecule has 2 aromatic heterocycles. The summed E-state index contributed by atoms with van der Waals surface area (Å²) in [6.45, 7) is 1.91. The first-order valence-corrected chi connectivity index (χ1v) is 12.6. The van der Waals surface area contributed by atoms with E-state index < -0.39 is 5.89 Å². The third-order valence-corrected chi connectivity index (χ3v) is 6.24. The molecule has 2 nitrogen and oxygen atoms in total. The number of aromatic nitrogens is 2. The molecule has 2 heterocycles. The predicted octanol–water partition coefficient (Wildman–Crippen LogP) is 8.91. The topological polar surface area (TPSA) is 25.8 Å². The van der Waals surface area contributed by atoms with Crippen molar-refractivity contribution >= 4 is 0 Å². The van der Waals surface area contributed by atoms with Gasteiger partial charge in [0.1, 0.15) is 0 Å². The number of nitrogens with zero attached hydrogens (tertiary/aromatic N) is 2. The SMILES string of the molecule is [2H]C(C)(c1ccccc1)c1ccnc(-c2[c-]cccc2)c1.[Ir].[c-]1ccccc1-c1cc(-c2ccccc2)ccn1. The maximum Gasteiger partial charge on any atom is 0.0399 e. The van der Waals surface area contributed by atoms with Crippen molar-refractivity contribution in [2.45, 2.75) is 12.8 Å². The first-order chi connectivity index (χ1) is 19.1. The third-order valence-electron chi connectivity index (χ3n) is 6.24. The molecular formula is C36H28IrN2-2. The first kappa shape index (κ1) is 26.4. The van der Waals surface area contributed by atoms with Gasteiger partial charge in [0, 0.05) is 39.8 Å². The Morgan fingerprint density at radius 3 is 1.69 bits per heavy atom. The molecule has 4 aromatic carbocycles. The van der Waals surface area contributed by atoms with Crippen molar-refractivity contribution in [2.75, 3.05) is 0 Å². The zero-order valence-corrected chi connectivity index (χ0v) is 24.0. The van der Waals surface area contributed by atoms with Crippen LogP contribution in [0.5, 0.6) is 0 Å². The van der Waals surface area contributed by atoms with Crippen LogP contribution in [0.1, 0.15) is 25.3 Å². The van der Waals surface area contributed by atoms with E-state index in [1.165, 1.54) is 11.1 Å². The van der Waals surface area contributed by atoms with Gasteiger partial charge < -0.3 is 9.97 Å². The maximum absolute atomic E-state index is 8.73. The molecule has 193 valence electrons. The Kier molecular flexibility index (Phi) is 9.57. The van der Waals surface area contributed by atoms with Crippen LogP contribution < -0.4 is 0 Å². The summed E-state index contributed by atoms with van der Waals surface area (Å²) in [4.78, 5) is 8.81. The normalized spacial score (nSPS) is 12.1. The van der Waals surface area contributed by atoms with Crippen LogP contribution in [0, 0.1) is 12.1 Å².